The van der Waals surface area contributed by atoms with Crippen molar-refractivity contribution in [1.29, 1.82) is 0 Å². The van der Waals surface area contributed by atoms with Crippen molar-refractivity contribution in [2.45, 2.75) is 116 Å². The van der Waals surface area contributed by atoms with Gasteiger partial charge in [-0.05, 0) is 103 Å². The van der Waals surface area contributed by atoms with Crippen molar-refractivity contribution in [3.8, 4) is 0 Å². The fraction of sp³-hybridized carbons (Fsp3) is 0.688. The van der Waals surface area contributed by atoms with Crippen LogP contribution in [0.4, 0.5) is 0 Å². The molecule has 0 aromatic heterocycles. The van der Waals surface area contributed by atoms with E-state index in [1.54, 1.807) is 7.05 Å². The number of carbonyl (C=O) groups excluding carboxylic acids is 4. The molecule has 4 atom stereocenters. The molecule has 3 amide bonds. The molecule has 2 fully saturated rings. The summed E-state index contributed by atoms with van der Waals surface area (Å²) in [4.78, 5) is 46.5. The Morgan fingerprint density at radius 2 is 1.66 bits per heavy atom. The maximum atomic E-state index is 13.0. The predicted molar refractivity (Wildman–Crippen MR) is 166 cm³/mol. The molecule has 1 aliphatic heterocycles. The van der Waals surface area contributed by atoms with Gasteiger partial charge in [-0.2, -0.15) is 0 Å². The van der Waals surface area contributed by atoms with E-state index in [4.69, 9.17) is 4.79 Å². The van der Waals surface area contributed by atoms with Crippen LogP contribution < -0.4 is 21.7 Å². The zero-order valence-corrected chi connectivity index (χ0v) is 26.0. The third kappa shape index (κ3) is 11.9. The van der Waals surface area contributed by atoms with Crippen LogP contribution in [-0.2, 0) is 19.2 Å². The second-order valence-electron chi connectivity index (χ2n) is 10.9. The molecule has 1 heterocycles. The van der Waals surface area contributed by atoms with E-state index in [0.717, 1.165) is 64.2 Å². The molecule has 3 aliphatic carbocycles. The van der Waals surface area contributed by atoms with Crippen molar-refractivity contribution >= 4 is 24.5 Å². The van der Waals surface area contributed by atoms with Crippen LogP contribution in [0.5, 0.6) is 0 Å². The number of nitrogens with two attached hydrogens (primary N) is 1. The van der Waals surface area contributed by atoms with E-state index in [0.29, 0.717) is 12.0 Å². The van der Waals surface area contributed by atoms with Crippen molar-refractivity contribution in [1.82, 2.24) is 20.9 Å². The molecule has 0 radical (unpaired) electrons. The highest BCUT2D eigenvalue weighted by atomic mass is 16.2. The van der Waals surface area contributed by atoms with Crippen molar-refractivity contribution in [2.24, 2.45) is 11.7 Å². The molecule has 1 saturated heterocycles. The van der Waals surface area contributed by atoms with Gasteiger partial charge in [-0.1, -0.05) is 43.6 Å². The number of amides is 3. The number of rotatable bonds is 7. The van der Waals surface area contributed by atoms with E-state index in [1.807, 2.05) is 11.8 Å². The molecule has 4 aliphatic rings. The lowest BCUT2D eigenvalue weighted by Gasteiger charge is -2.34. The molecular weight excluding hydrogens is 518 g/mol. The number of likely N-dealkylation sites (tertiary alicyclic amines) is 1. The summed E-state index contributed by atoms with van der Waals surface area (Å²) in [5, 5.41) is 8.88. The molecule has 9 heteroatoms. The van der Waals surface area contributed by atoms with E-state index in [9.17, 15) is 14.4 Å². The van der Waals surface area contributed by atoms with Crippen LogP contribution in [0.3, 0.4) is 0 Å². The second-order valence-corrected chi connectivity index (χ2v) is 10.9. The summed E-state index contributed by atoms with van der Waals surface area (Å²) in [6, 6.07) is -0.0773. The number of nitrogens with zero attached hydrogens (tertiary/aromatic N) is 1. The van der Waals surface area contributed by atoms with Gasteiger partial charge in [-0.15, -0.1) is 0 Å². The largest absolute Gasteiger partial charge is 0.352 e. The summed E-state index contributed by atoms with van der Waals surface area (Å²) in [6.07, 6.45) is 22.5. The Morgan fingerprint density at radius 3 is 2.24 bits per heavy atom. The Kier molecular flexibility index (Phi) is 18.6. The number of nitrogens with one attached hydrogen (secondary N) is 3. The van der Waals surface area contributed by atoms with Crippen molar-refractivity contribution in [2.75, 3.05) is 20.6 Å². The quantitative estimate of drug-likeness (QED) is 0.344. The monoisotopic (exact) mass is 573 g/mol. The predicted octanol–water partition coefficient (Wildman–Crippen LogP) is 3.55. The van der Waals surface area contributed by atoms with E-state index < -0.39 is 0 Å². The molecule has 0 aromatic rings. The fourth-order valence-electron chi connectivity index (χ4n) is 5.86. The first kappa shape index (κ1) is 36.2. The summed E-state index contributed by atoms with van der Waals surface area (Å²) in [5.41, 5.74) is 7.20. The van der Waals surface area contributed by atoms with Crippen LogP contribution in [0, 0.1) is 5.92 Å². The third-order valence-electron chi connectivity index (χ3n) is 8.19. The Hall–Kier alpha value is -2.78. The zero-order chi connectivity index (χ0) is 30.6. The Balaban J connectivity index is 0.000000378. The van der Waals surface area contributed by atoms with Crippen molar-refractivity contribution in [3.05, 3.63) is 35.5 Å². The second kappa shape index (κ2) is 21.0. The maximum absolute atomic E-state index is 13.0. The first-order valence-corrected chi connectivity index (χ1v) is 15.4. The minimum Gasteiger partial charge on any atom is -0.352 e. The molecule has 4 rings (SSSR count). The molecular formula is C32H55N5O4. The maximum Gasteiger partial charge on any atom is 0.245 e. The van der Waals surface area contributed by atoms with Gasteiger partial charge in [0.1, 0.15) is 12.3 Å². The summed E-state index contributed by atoms with van der Waals surface area (Å²) in [5.74, 6) is 0.355. The highest BCUT2D eigenvalue weighted by Gasteiger charge is 2.37. The average molecular weight is 574 g/mol. The van der Waals surface area contributed by atoms with Crippen LogP contribution >= 0.6 is 0 Å². The summed E-state index contributed by atoms with van der Waals surface area (Å²) >= 11 is 0. The number of hydrogen-bond donors (Lipinski definition) is 4. The molecule has 5 N–H and O–H groups in total. The third-order valence-corrected chi connectivity index (χ3v) is 8.19. The summed E-state index contributed by atoms with van der Waals surface area (Å²) in [6.45, 7) is 6.22. The molecule has 41 heavy (non-hydrogen) atoms. The standard InChI is InChI=1S/C17H31N3O2.C12H15NO.C2H4O.CH5N/c1-12-8-7-11-20(12)17(22)15(14-9-5-4-6-10-14)19-16(21)13(2)18-3;14-9-13-12-8-4-6-10-5-2-1-3-7-11(10)12;1-2-3;1-2/h12-15,18H,4-11H2,1-3H3,(H,19,21);2-3,5,7,9,12H,1,4,6,8H2,(H,13,14);2H,1H3;2H2,1H3/t12-,13?,15+;;;/m1.../s1. The van der Waals surface area contributed by atoms with E-state index in [1.165, 1.54) is 50.8 Å². The van der Waals surface area contributed by atoms with E-state index in [-0.39, 0.29) is 29.9 Å². The Bertz CT molecular complexity index is 895. The van der Waals surface area contributed by atoms with Crippen molar-refractivity contribution in [3.63, 3.8) is 0 Å². The topological polar surface area (TPSA) is 134 Å². The number of allylic oxidation sites excluding steroid dienone is 4. The highest BCUT2D eigenvalue weighted by molar-refractivity contribution is 5.90. The van der Waals surface area contributed by atoms with Gasteiger partial charge in [0.2, 0.25) is 18.2 Å². The minimum atomic E-state index is -0.343. The van der Waals surface area contributed by atoms with Crippen molar-refractivity contribution < 1.29 is 19.2 Å². The summed E-state index contributed by atoms with van der Waals surface area (Å²) < 4.78 is 0. The van der Waals surface area contributed by atoms with Crippen LogP contribution in [-0.4, -0.2) is 74.2 Å². The lowest BCUT2D eigenvalue weighted by atomic mass is 9.83. The normalized spacial score (nSPS) is 23.0. The smallest absolute Gasteiger partial charge is 0.245 e. The van der Waals surface area contributed by atoms with Gasteiger partial charge in [0.05, 0.1) is 12.1 Å². The molecule has 232 valence electrons. The van der Waals surface area contributed by atoms with Crippen LogP contribution in [0.25, 0.3) is 0 Å². The lowest BCUT2D eigenvalue weighted by Crippen LogP contribution is -2.56. The Labute approximate surface area is 247 Å². The molecule has 0 bridgehead atoms. The first-order valence-electron chi connectivity index (χ1n) is 15.4. The SMILES string of the molecule is CC=O.CN.CNC(C)C(=O)N[C@H](C(=O)N1CCC[C@H]1C)C1CCCCC1.O=CNC1CCCC2=C1C=CCC=C2. The minimum absolute atomic E-state index is 0.0710. The van der Waals surface area contributed by atoms with E-state index in [2.05, 4.69) is 52.9 Å². The van der Waals surface area contributed by atoms with Gasteiger partial charge in [0.25, 0.3) is 0 Å². The molecule has 0 aromatic carbocycles. The molecule has 1 saturated carbocycles. The van der Waals surface area contributed by atoms with Gasteiger partial charge in [0.15, 0.2) is 0 Å². The lowest BCUT2D eigenvalue weighted by molar-refractivity contribution is -0.139. The number of hydrogen-bond acceptors (Lipinski definition) is 6. The van der Waals surface area contributed by atoms with Crippen LogP contribution in [0.2, 0.25) is 0 Å². The van der Waals surface area contributed by atoms with Gasteiger partial charge in [-0.25, -0.2) is 0 Å². The van der Waals surface area contributed by atoms with Gasteiger partial charge in [-0.3, -0.25) is 14.4 Å². The van der Waals surface area contributed by atoms with Gasteiger partial charge >= 0.3 is 0 Å². The van der Waals surface area contributed by atoms with Gasteiger partial charge in [0, 0.05) is 12.6 Å². The molecule has 0 spiro atoms. The highest BCUT2D eigenvalue weighted by Crippen LogP contribution is 2.30. The first-order chi connectivity index (χ1) is 19.9. The van der Waals surface area contributed by atoms with Crippen LogP contribution in [0.1, 0.15) is 91.4 Å². The number of aldehydes is 1. The molecule has 2 unspecified atom stereocenters. The summed E-state index contributed by atoms with van der Waals surface area (Å²) in [7, 11) is 3.27. The Morgan fingerprint density at radius 1 is 1.00 bits per heavy atom. The number of likely N-dealkylation sites (N-methyl/N-ethyl adjacent to an activating group) is 1. The fourth-order valence-corrected chi connectivity index (χ4v) is 5.86. The average Bonchev–Trinajstić information content (AvgIpc) is 3.28. The van der Waals surface area contributed by atoms with Crippen LogP contribution in [0.15, 0.2) is 35.5 Å². The molecule has 9 nitrogen and oxygen atoms in total. The zero-order valence-electron chi connectivity index (χ0n) is 26.0. The van der Waals surface area contributed by atoms with Gasteiger partial charge < -0.3 is 31.4 Å². The number of carbonyl (C=O) groups is 4. The van der Waals surface area contributed by atoms with E-state index >= 15 is 0 Å².